The SMILES string of the molecule is IC[C@H]1COc2ccccc21. The molecule has 0 saturated heterocycles. The fourth-order valence-corrected chi connectivity index (χ4v) is 2.09. The van der Waals surface area contributed by atoms with E-state index in [0.29, 0.717) is 5.92 Å². The average Bonchev–Trinajstić information content (AvgIpc) is 2.47. The van der Waals surface area contributed by atoms with E-state index < -0.39 is 0 Å². The smallest absolute Gasteiger partial charge is 0.122 e. The van der Waals surface area contributed by atoms with E-state index in [9.17, 15) is 0 Å². The highest BCUT2D eigenvalue weighted by atomic mass is 127. The molecule has 0 N–H and O–H groups in total. The van der Waals surface area contributed by atoms with E-state index in [0.717, 1.165) is 16.8 Å². The number of ether oxygens (including phenoxy) is 1. The molecule has 1 nitrogen and oxygen atoms in total. The summed E-state index contributed by atoms with van der Waals surface area (Å²) in [6, 6.07) is 8.30. The maximum Gasteiger partial charge on any atom is 0.122 e. The van der Waals surface area contributed by atoms with Crippen molar-refractivity contribution in [1.29, 1.82) is 0 Å². The second-order valence-corrected chi connectivity index (χ2v) is 3.58. The zero-order chi connectivity index (χ0) is 7.68. The maximum absolute atomic E-state index is 5.50. The van der Waals surface area contributed by atoms with Crippen LogP contribution in [-0.2, 0) is 0 Å². The Morgan fingerprint density at radius 3 is 3.09 bits per heavy atom. The molecule has 0 spiro atoms. The summed E-state index contributed by atoms with van der Waals surface area (Å²) in [5.74, 6) is 1.70. The molecule has 0 fully saturated rings. The van der Waals surface area contributed by atoms with Gasteiger partial charge in [-0.25, -0.2) is 0 Å². The van der Waals surface area contributed by atoms with Crippen molar-refractivity contribution >= 4 is 22.6 Å². The molecule has 0 aliphatic carbocycles. The minimum absolute atomic E-state index is 0.617. The Morgan fingerprint density at radius 1 is 1.45 bits per heavy atom. The highest BCUT2D eigenvalue weighted by molar-refractivity contribution is 14.1. The molecule has 1 aliphatic rings. The van der Waals surface area contributed by atoms with Crippen LogP contribution in [-0.4, -0.2) is 11.0 Å². The van der Waals surface area contributed by atoms with Crippen LogP contribution in [0, 0.1) is 0 Å². The molecule has 1 aliphatic heterocycles. The Bertz CT molecular complexity index is 259. The van der Waals surface area contributed by atoms with Crippen molar-refractivity contribution in [2.75, 3.05) is 11.0 Å². The molecule has 2 heteroatoms. The summed E-state index contributed by atoms with van der Waals surface area (Å²) < 4.78 is 6.64. The molecule has 2 rings (SSSR count). The summed E-state index contributed by atoms with van der Waals surface area (Å²) in [5, 5.41) is 0. The molecule has 58 valence electrons. The van der Waals surface area contributed by atoms with Gasteiger partial charge in [-0.2, -0.15) is 0 Å². The van der Waals surface area contributed by atoms with E-state index in [4.69, 9.17) is 4.74 Å². The van der Waals surface area contributed by atoms with Gasteiger partial charge in [-0.3, -0.25) is 0 Å². The minimum atomic E-state index is 0.617. The first kappa shape index (κ1) is 7.40. The van der Waals surface area contributed by atoms with Crippen molar-refractivity contribution < 1.29 is 4.74 Å². The third-order valence-electron chi connectivity index (χ3n) is 1.99. The maximum atomic E-state index is 5.50. The molecule has 1 heterocycles. The summed E-state index contributed by atoms with van der Waals surface area (Å²) in [5.41, 5.74) is 1.38. The lowest BCUT2D eigenvalue weighted by Gasteiger charge is -2.00. The molecule has 1 aromatic rings. The first-order chi connectivity index (χ1) is 5.42. The lowest BCUT2D eigenvalue weighted by molar-refractivity contribution is 0.339. The first-order valence-electron chi connectivity index (χ1n) is 3.69. The number of hydrogen-bond acceptors (Lipinski definition) is 1. The van der Waals surface area contributed by atoms with Crippen LogP contribution in [0.1, 0.15) is 11.5 Å². The highest BCUT2D eigenvalue weighted by Gasteiger charge is 2.21. The topological polar surface area (TPSA) is 9.23 Å². The Labute approximate surface area is 79.9 Å². The van der Waals surface area contributed by atoms with E-state index in [-0.39, 0.29) is 0 Å². The summed E-state index contributed by atoms with van der Waals surface area (Å²) in [4.78, 5) is 0. The number of fused-ring (bicyclic) bond motifs is 1. The highest BCUT2D eigenvalue weighted by Crippen LogP contribution is 2.34. The lowest BCUT2D eigenvalue weighted by atomic mass is 10.0. The quantitative estimate of drug-likeness (QED) is 0.557. The summed E-state index contributed by atoms with van der Waals surface area (Å²) in [6.45, 7) is 0.863. The van der Waals surface area contributed by atoms with Gasteiger partial charge in [0, 0.05) is 15.9 Å². The summed E-state index contributed by atoms with van der Waals surface area (Å²) >= 11 is 2.41. The second kappa shape index (κ2) is 3.01. The van der Waals surface area contributed by atoms with Crippen LogP contribution in [0.3, 0.4) is 0 Å². The van der Waals surface area contributed by atoms with Crippen molar-refractivity contribution in [3.63, 3.8) is 0 Å². The van der Waals surface area contributed by atoms with Crippen LogP contribution in [0.5, 0.6) is 5.75 Å². The zero-order valence-electron chi connectivity index (χ0n) is 6.09. The van der Waals surface area contributed by atoms with Crippen molar-refractivity contribution in [2.24, 2.45) is 0 Å². The molecule has 11 heavy (non-hydrogen) atoms. The lowest BCUT2D eigenvalue weighted by Crippen LogP contribution is -2.00. The zero-order valence-corrected chi connectivity index (χ0v) is 8.24. The molecular weight excluding hydrogens is 251 g/mol. The first-order valence-corrected chi connectivity index (χ1v) is 5.22. The van der Waals surface area contributed by atoms with Crippen molar-refractivity contribution in [3.8, 4) is 5.75 Å². The van der Waals surface area contributed by atoms with Crippen LogP contribution >= 0.6 is 22.6 Å². The molecule has 0 bridgehead atoms. The van der Waals surface area contributed by atoms with Gasteiger partial charge in [0.15, 0.2) is 0 Å². The Kier molecular flexibility index (Phi) is 2.02. The largest absolute Gasteiger partial charge is 0.493 e. The number of para-hydroxylation sites is 1. The fourth-order valence-electron chi connectivity index (χ4n) is 1.36. The van der Waals surface area contributed by atoms with E-state index in [2.05, 4.69) is 34.7 Å². The third-order valence-corrected chi connectivity index (χ3v) is 3.05. The van der Waals surface area contributed by atoms with Gasteiger partial charge in [0.2, 0.25) is 0 Å². The molecule has 0 unspecified atom stereocenters. The summed E-state index contributed by atoms with van der Waals surface area (Å²) in [7, 11) is 0. The second-order valence-electron chi connectivity index (χ2n) is 2.70. The molecule has 0 amide bonds. The van der Waals surface area contributed by atoms with Crippen molar-refractivity contribution in [3.05, 3.63) is 29.8 Å². The molecule has 0 aromatic heterocycles. The third kappa shape index (κ3) is 1.24. The van der Waals surface area contributed by atoms with Gasteiger partial charge < -0.3 is 4.74 Å². The predicted molar refractivity (Wildman–Crippen MR) is 53.6 cm³/mol. The number of benzene rings is 1. The van der Waals surface area contributed by atoms with Gasteiger partial charge in [0.25, 0.3) is 0 Å². The van der Waals surface area contributed by atoms with Crippen molar-refractivity contribution in [2.45, 2.75) is 5.92 Å². The van der Waals surface area contributed by atoms with Crippen LogP contribution in [0.4, 0.5) is 0 Å². The Hall–Kier alpha value is -0.250. The van der Waals surface area contributed by atoms with Crippen LogP contribution in [0.25, 0.3) is 0 Å². The number of rotatable bonds is 1. The van der Waals surface area contributed by atoms with E-state index in [1.807, 2.05) is 12.1 Å². The summed E-state index contributed by atoms with van der Waals surface area (Å²) in [6.07, 6.45) is 0. The molecule has 0 radical (unpaired) electrons. The standard InChI is InChI=1S/C9H9IO/c10-5-7-6-11-9-4-2-1-3-8(7)9/h1-4,7H,5-6H2/t7-/m0/s1. The van der Waals surface area contributed by atoms with E-state index >= 15 is 0 Å². The van der Waals surface area contributed by atoms with Crippen LogP contribution in [0.15, 0.2) is 24.3 Å². The molecule has 1 aromatic carbocycles. The average molecular weight is 260 g/mol. The van der Waals surface area contributed by atoms with E-state index in [1.54, 1.807) is 0 Å². The van der Waals surface area contributed by atoms with Gasteiger partial charge in [0.05, 0.1) is 6.61 Å². The van der Waals surface area contributed by atoms with Gasteiger partial charge in [0.1, 0.15) is 5.75 Å². The molecule has 0 saturated carbocycles. The van der Waals surface area contributed by atoms with Crippen LogP contribution < -0.4 is 4.74 Å². The van der Waals surface area contributed by atoms with E-state index in [1.165, 1.54) is 5.56 Å². The number of hydrogen-bond donors (Lipinski definition) is 0. The normalized spacial score (nSPS) is 21.0. The van der Waals surface area contributed by atoms with Gasteiger partial charge in [-0.1, -0.05) is 40.8 Å². The number of alkyl halides is 1. The van der Waals surface area contributed by atoms with Crippen LogP contribution in [0.2, 0.25) is 0 Å². The van der Waals surface area contributed by atoms with Gasteiger partial charge in [-0.15, -0.1) is 0 Å². The molecule has 1 atom stereocenters. The number of halogens is 1. The Morgan fingerprint density at radius 2 is 2.27 bits per heavy atom. The van der Waals surface area contributed by atoms with Gasteiger partial charge >= 0.3 is 0 Å². The fraction of sp³-hybridized carbons (Fsp3) is 0.333. The van der Waals surface area contributed by atoms with Gasteiger partial charge in [-0.05, 0) is 6.07 Å². The monoisotopic (exact) mass is 260 g/mol. The predicted octanol–water partition coefficient (Wildman–Crippen LogP) is 2.60. The Balaban J connectivity index is 2.39. The minimum Gasteiger partial charge on any atom is -0.493 e. The molecular formula is C9H9IO. The van der Waals surface area contributed by atoms with Crippen molar-refractivity contribution in [1.82, 2.24) is 0 Å².